The summed E-state index contributed by atoms with van der Waals surface area (Å²) >= 11 is 3.38. The van der Waals surface area contributed by atoms with E-state index < -0.39 is 0 Å². The molecular weight excluding hydrogens is 340 g/mol. The minimum absolute atomic E-state index is 0.235. The monoisotopic (exact) mass is 358 g/mol. The molecule has 0 bridgehead atoms. The highest BCUT2D eigenvalue weighted by Crippen LogP contribution is 2.14. The molecule has 0 fully saturated rings. The zero-order valence-electron chi connectivity index (χ0n) is 12.6. The molecule has 0 radical (unpaired) electrons. The van der Waals surface area contributed by atoms with E-state index in [1.165, 1.54) is 11.1 Å². The first-order valence-corrected chi connectivity index (χ1v) is 7.99. The minimum Gasteiger partial charge on any atom is -0.458 e. The molecule has 2 aromatic rings. The van der Waals surface area contributed by atoms with Crippen molar-refractivity contribution < 1.29 is 9.53 Å². The van der Waals surface area contributed by atoms with E-state index in [4.69, 9.17) is 4.74 Å². The number of carbonyl (C=O) groups is 1. The first kappa shape index (κ1) is 16.5. The second-order valence-electron chi connectivity index (χ2n) is 5.20. The predicted octanol–water partition coefficient (Wildman–Crippen LogP) is 4.64. The normalized spacial score (nSPS) is 11.7. The number of esters is 1. The van der Waals surface area contributed by atoms with Crippen LogP contribution in [0.4, 0.5) is 0 Å². The van der Waals surface area contributed by atoms with E-state index >= 15 is 0 Å². The lowest BCUT2D eigenvalue weighted by molar-refractivity contribution is -0.146. The molecule has 0 aliphatic heterocycles. The van der Waals surface area contributed by atoms with Crippen LogP contribution in [-0.4, -0.2) is 12.1 Å². The van der Waals surface area contributed by atoms with E-state index in [-0.39, 0.29) is 18.5 Å². The summed E-state index contributed by atoms with van der Waals surface area (Å²) < 4.78 is 6.52. The highest BCUT2D eigenvalue weighted by Gasteiger charge is 2.13. The van der Waals surface area contributed by atoms with Gasteiger partial charge >= 0.3 is 5.97 Å². The zero-order valence-corrected chi connectivity index (χ0v) is 14.2. The third-order valence-electron chi connectivity index (χ3n) is 3.49. The van der Waals surface area contributed by atoms with Crippen LogP contribution in [0.2, 0.25) is 0 Å². The van der Waals surface area contributed by atoms with Crippen LogP contribution in [0.25, 0.3) is 0 Å². The molecule has 0 spiro atoms. The molecule has 0 amide bonds. The number of hydrogen-bond donors (Lipinski definition) is 0. The molecule has 2 nitrogen and oxygen atoms in total. The van der Waals surface area contributed by atoms with Gasteiger partial charge in [-0.25, -0.2) is 0 Å². The van der Waals surface area contributed by atoms with Crippen LogP contribution < -0.4 is 0 Å². The summed E-state index contributed by atoms with van der Waals surface area (Å²) in [6.45, 7) is 5.83. The molecular formula is C19H19BrO2. The summed E-state index contributed by atoms with van der Waals surface area (Å²) in [5, 5.41) is 0. The number of halogens is 1. The third kappa shape index (κ3) is 4.85. The van der Waals surface area contributed by atoms with E-state index in [9.17, 15) is 4.79 Å². The number of rotatable bonds is 6. The van der Waals surface area contributed by atoms with E-state index in [2.05, 4.69) is 35.5 Å². The Balaban J connectivity index is 1.95. The average molecular weight is 359 g/mol. The molecule has 0 saturated heterocycles. The largest absolute Gasteiger partial charge is 0.458 e. The number of hydrogen-bond acceptors (Lipinski definition) is 2. The first-order valence-electron chi connectivity index (χ1n) is 7.19. The van der Waals surface area contributed by atoms with Gasteiger partial charge in [0.25, 0.3) is 0 Å². The maximum Gasteiger partial charge on any atom is 0.310 e. The Bertz CT molecular complexity index is 647. The Kier molecular flexibility index (Phi) is 5.96. The lowest BCUT2D eigenvalue weighted by Crippen LogP contribution is -2.20. The van der Waals surface area contributed by atoms with Gasteiger partial charge in [0, 0.05) is 10.9 Å². The maximum absolute atomic E-state index is 12.1. The molecule has 0 unspecified atom stereocenters. The predicted molar refractivity (Wildman–Crippen MR) is 92.8 cm³/mol. The van der Waals surface area contributed by atoms with Crippen molar-refractivity contribution in [1.29, 1.82) is 0 Å². The van der Waals surface area contributed by atoms with Gasteiger partial charge in [-0.15, -0.1) is 0 Å². The molecule has 0 aromatic heterocycles. The molecule has 22 heavy (non-hydrogen) atoms. The number of aryl methyl sites for hydroxylation is 1. The zero-order chi connectivity index (χ0) is 15.9. The molecule has 2 aromatic carbocycles. The van der Waals surface area contributed by atoms with E-state index in [0.29, 0.717) is 6.42 Å². The number of benzene rings is 2. The van der Waals surface area contributed by atoms with Crippen LogP contribution in [0.5, 0.6) is 0 Å². The van der Waals surface area contributed by atoms with Crippen molar-refractivity contribution in [3.8, 4) is 0 Å². The first-order chi connectivity index (χ1) is 10.6. The van der Waals surface area contributed by atoms with Gasteiger partial charge in [0.05, 0.1) is 6.42 Å². The Morgan fingerprint density at radius 2 is 1.91 bits per heavy atom. The smallest absolute Gasteiger partial charge is 0.310 e. The molecule has 2 rings (SSSR count). The number of ether oxygens (including phenoxy) is 1. The van der Waals surface area contributed by atoms with E-state index in [1.54, 1.807) is 6.08 Å². The number of carbonyl (C=O) groups excluding carboxylic acids is 1. The molecule has 0 N–H and O–H groups in total. The Morgan fingerprint density at radius 3 is 2.55 bits per heavy atom. The van der Waals surface area contributed by atoms with Crippen molar-refractivity contribution >= 4 is 21.9 Å². The van der Waals surface area contributed by atoms with Crippen molar-refractivity contribution in [1.82, 2.24) is 0 Å². The van der Waals surface area contributed by atoms with E-state index in [0.717, 1.165) is 10.0 Å². The lowest BCUT2D eigenvalue weighted by atomic mass is 10.0. The van der Waals surface area contributed by atoms with Crippen LogP contribution in [0.1, 0.15) is 16.7 Å². The second-order valence-corrected chi connectivity index (χ2v) is 6.11. The molecule has 0 aliphatic carbocycles. The van der Waals surface area contributed by atoms with Crippen molar-refractivity contribution in [2.45, 2.75) is 25.9 Å². The van der Waals surface area contributed by atoms with Crippen LogP contribution in [0.15, 0.2) is 65.7 Å². The van der Waals surface area contributed by atoms with Gasteiger partial charge in [0.15, 0.2) is 0 Å². The molecule has 114 valence electrons. The van der Waals surface area contributed by atoms with Gasteiger partial charge in [0.1, 0.15) is 6.10 Å². The van der Waals surface area contributed by atoms with E-state index in [1.807, 2.05) is 42.5 Å². The van der Waals surface area contributed by atoms with Crippen LogP contribution in [0, 0.1) is 6.92 Å². The minimum atomic E-state index is -0.302. The fraction of sp³-hybridized carbons (Fsp3) is 0.211. The maximum atomic E-state index is 12.1. The van der Waals surface area contributed by atoms with Gasteiger partial charge in [-0.1, -0.05) is 65.0 Å². The summed E-state index contributed by atoms with van der Waals surface area (Å²) in [5.41, 5.74) is 3.30. The highest BCUT2D eigenvalue weighted by atomic mass is 79.9. The fourth-order valence-electron chi connectivity index (χ4n) is 2.21. The van der Waals surface area contributed by atoms with Crippen molar-refractivity contribution in [2.24, 2.45) is 0 Å². The summed E-state index contributed by atoms with van der Waals surface area (Å²) in [5.74, 6) is -0.235. The molecule has 1 atom stereocenters. The molecule has 0 saturated carbocycles. The van der Waals surface area contributed by atoms with Crippen molar-refractivity contribution in [2.75, 3.05) is 0 Å². The van der Waals surface area contributed by atoms with Crippen LogP contribution in [0.3, 0.4) is 0 Å². The summed E-state index contributed by atoms with van der Waals surface area (Å²) in [6, 6.07) is 15.8. The van der Waals surface area contributed by atoms with Crippen molar-refractivity contribution in [3.63, 3.8) is 0 Å². The van der Waals surface area contributed by atoms with Gasteiger partial charge in [-0.2, -0.15) is 0 Å². The average Bonchev–Trinajstić information content (AvgIpc) is 2.51. The summed E-state index contributed by atoms with van der Waals surface area (Å²) in [7, 11) is 0. The van der Waals surface area contributed by atoms with Gasteiger partial charge in [-0.05, 0) is 35.7 Å². The van der Waals surface area contributed by atoms with Gasteiger partial charge < -0.3 is 4.74 Å². The van der Waals surface area contributed by atoms with Crippen molar-refractivity contribution in [3.05, 3.63) is 82.3 Å². The summed E-state index contributed by atoms with van der Waals surface area (Å²) in [6.07, 6.45) is 2.31. The Hall–Kier alpha value is -1.87. The SMILES string of the molecule is C=C[C@@H](Cc1ccccc1C)OC(=O)Cc1ccc(Br)cc1. The third-order valence-corrected chi connectivity index (χ3v) is 4.02. The standard InChI is InChI=1S/C19H19BrO2/c1-3-18(13-16-7-5-4-6-14(16)2)22-19(21)12-15-8-10-17(20)11-9-15/h3-11,18H,1,12-13H2,2H3/t18-/m0/s1. The highest BCUT2D eigenvalue weighted by molar-refractivity contribution is 9.10. The molecule has 0 heterocycles. The summed E-state index contributed by atoms with van der Waals surface area (Å²) in [4.78, 5) is 12.1. The van der Waals surface area contributed by atoms with Gasteiger partial charge in [-0.3, -0.25) is 4.79 Å². The fourth-order valence-corrected chi connectivity index (χ4v) is 2.47. The molecule has 3 heteroatoms. The quantitative estimate of drug-likeness (QED) is 0.555. The lowest BCUT2D eigenvalue weighted by Gasteiger charge is -2.15. The van der Waals surface area contributed by atoms with Crippen LogP contribution in [-0.2, 0) is 22.4 Å². The van der Waals surface area contributed by atoms with Gasteiger partial charge in [0.2, 0.25) is 0 Å². The Morgan fingerprint density at radius 1 is 1.23 bits per heavy atom. The molecule has 0 aliphatic rings. The second kappa shape index (κ2) is 7.95. The topological polar surface area (TPSA) is 26.3 Å². The van der Waals surface area contributed by atoms with Crippen LogP contribution >= 0.6 is 15.9 Å². The Labute approximate surface area is 139 Å².